The maximum absolute atomic E-state index is 11.7. The van der Waals surface area contributed by atoms with E-state index in [9.17, 15) is 23.1 Å². The normalized spacial score (nSPS) is 23.4. The smallest absolute Gasteiger partial charge is 0.326 e. The number of hydrogen-bond donors (Lipinski definition) is 3. The van der Waals surface area contributed by atoms with Gasteiger partial charge in [0.2, 0.25) is 0 Å². The number of nitrogens with zero attached hydrogens (tertiary/aromatic N) is 1. The zero-order valence-electron chi connectivity index (χ0n) is 10.6. The number of carbonyl (C=O) groups is 2. The molecule has 0 aliphatic carbocycles. The van der Waals surface area contributed by atoms with Crippen LogP contribution in [-0.2, 0) is 14.6 Å². The molecule has 0 unspecified atom stereocenters. The fourth-order valence-electron chi connectivity index (χ4n) is 1.83. The highest BCUT2D eigenvalue weighted by Crippen LogP contribution is 2.17. The number of β-amino-alcohol motifs (C(OH)–C–C–N with tert-alkyl or cyclic N) is 1. The number of rotatable bonds is 5. The Morgan fingerprint density at radius 2 is 2.05 bits per heavy atom. The minimum atomic E-state index is -3.18. The fourth-order valence-corrected chi connectivity index (χ4v) is 2.53. The number of aliphatic hydroxyl groups is 1. The van der Waals surface area contributed by atoms with Crippen molar-refractivity contribution in [3.05, 3.63) is 0 Å². The van der Waals surface area contributed by atoms with E-state index < -0.39 is 34.0 Å². The van der Waals surface area contributed by atoms with Crippen molar-refractivity contribution in [2.75, 3.05) is 24.6 Å². The van der Waals surface area contributed by atoms with E-state index in [0.717, 1.165) is 4.90 Å². The largest absolute Gasteiger partial charge is 0.480 e. The van der Waals surface area contributed by atoms with Crippen molar-refractivity contribution in [1.82, 2.24) is 10.2 Å². The molecule has 0 bridgehead atoms. The van der Waals surface area contributed by atoms with Crippen LogP contribution in [0.4, 0.5) is 4.79 Å². The van der Waals surface area contributed by atoms with Crippen molar-refractivity contribution in [1.29, 1.82) is 0 Å². The predicted molar refractivity (Wildman–Crippen MR) is 66.5 cm³/mol. The molecule has 0 aromatic rings. The van der Waals surface area contributed by atoms with Crippen molar-refractivity contribution < 1.29 is 28.2 Å². The second-order valence-corrected chi connectivity index (χ2v) is 6.84. The highest BCUT2D eigenvalue weighted by atomic mass is 32.2. The number of sulfone groups is 1. The topological polar surface area (TPSA) is 124 Å². The lowest BCUT2D eigenvalue weighted by Gasteiger charge is -2.21. The third kappa shape index (κ3) is 4.35. The van der Waals surface area contributed by atoms with Gasteiger partial charge in [0.1, 0.15) is 6.04 Å². The molecule has 1 aliphatic heterocycles. The molecule has 2 atom stereocenters. The minimum absolute atomic E-state index is 0.0109. The van der Waals surface area contributed by atoms with Gasteiger partial charge in [-0.2, -0.15) is 0 Å². The molecule has 8 nitrogen and oxygen atoms in total. The summed E-state index contributed by atoms with van der Waals surface area (Å²) in [5.41, 5.74) is 0. The number of aliphatic carboxylic acids is 1. The first-order valence-electron chi connectivity index (χ1n) is 5.92. The minimum Gasteiger partial charge on any atom is -0.480 e. The van der Waals surface area contributed by atoms with Crippen LogP contribution in [0.1, 0.15) is 13.3 Å². The van der Waals surface area contributed by atoms with E-state index in [-0.39, 0.29) is 31.0 Å². The quantitative estimate of drug-likeness (QED) is 0.576. The van der Waals surface area contributed by atoms with Crippen molar-refractivity contribution in [3.63, 3.8) is 0 Å². The Kier molecular flexibility index (Phi) is 5.12. The van der Waals surface area contributed by atoms with Crippen LogP contribution in [-0.4, -0.2) is 72.3 Å². The average Bonchev–Trinajstić information content (AvgIpc) is 2.71. The Hall–Kier alpha value is -1.35. The Bertz CT molecular complexity index is 449. The van der Waals surface area contributed by atoms with Crippen molar-refractivity contribution >= 4 is 21.8 Å². The third-order valence-corrected chi connectivity index (χ3v) is 4.66. The predicted octanol–water partition coefficient (Wildman–Crippen LogP) is -1.35. The van der Waals surface area contributed by atoms with Gasteiger partial charge in [0.05, 0.1) is 11.9 Å². The van der Waals surface area contributed by atoms with E-state index in [0.29, 0.717) is 0 Å². The van der Waals surface area contributed by atoms with E-state index in [1.165, 1.54) is 6.92 Å². The molecule has 0 aromatic heterocycles. The number of urea groups is 1. The standard InChI is InChI=1S/C10H18N2O6S/c1-2-19(17,18)4-3-11-10(16)12-6-7(13)5-8(12)9(14)15/h7-8,13H,2-6H2,1H3,(H,11,16)(H,14,15)/t7-,8+/m1/s1. The van der Waals surface area contributed by atoms with Crippen molar-refractivity contribution in [2.45, 2.75) is 25.5 Å². The zero-order valence-corrected chi connectivity index (χ0v) is 11.4. The molecule has 2 amide bonds. The maximum atomic E-state index is 11.7. The third-order valence-electron chi connectivity index (χ3n) is 2.95. The Labute approximate surface area is 111 Å². The number of carboxylic acid groups (broad SMARTS) is 1. The lowest BCUT2D eigenvalue weighted by atomic mass is 10.2. The summed E-state index contributed by atoms with van der Waals surface area (Å²) in [5.74, 6) is -1.39. The number of carboxylic acids is 1. The van der Waals surface area contributed by atoms with Crippen LogP contribution < -0.4 is 5.32 Å². The molecular formula is C10H18N2O6S. The van der Waals surface area contributed by atoms with Crippen molar-refractivity contribution in [3.8, 4) is 0 Å². The van der Waals surface area contributed by atoms with E-state index >= 15 is 0 Å². The summed E-state index contributed by atoms with van der Waals surface area (Å²) in [5, 5.41) is 20.6. The number of hydrogen-bond acceptors (Lipinski definition) is 5. The first-order valence-corrected chi connectivity index (χ1v) is 7.74. The number of amides is 2. The fraction of sp³-hybridized carbons (Fsp3) is 0.800. The molecule has 1 aliphatic rings. The van der Waals surface area contributed by atoms with Crippen LogP contribution in [0.2, 0.25) is 0 Å². The summed E-state index contributed by atoms with van der Waals surface area (Å²) in [7, 11) is -3.18. The lowest BCUT2D eigenvalue weighted by molar-refractivity contribution is -0.141. The number of aliphatic hydroxyl groups excluding tert-OH is 1. The van der Waals surface area contributed by atoms with E-state index in [4.69, 9.17) is 5.11 Å². The molecule has 9 heteroatoms. The van der Waals surface area contributed by atoms with Crippen LogP contribution in [0.5, 0.6) is 0 Å². The molecule has 3 N–H and O–H groups in total. The first kappa shape index (κ1) is 15.7. The highest BCUT2D eigenvalue weighted by molar-refractivity contribution is 7.91. The summed E-state index contributed by atoms with van der Waals surface area (Å²) >= 11 is 0. The molecule has 0 spiro atoms. The molecule has 0 aromatic carbocycles. The Morgan fingerprint density at radius 1 is 1.42 bits per heavy atom. The summed E-state index contributed by atoms with van der Waals surface area (Å²) in [6, 6.07) is -1.74. The van der Waals surface area contributed by atoms with Gasteiger partial charge in [0.15, 0.2) is 9.84 Å². The Morgan fingerprint density at radius 3 is 2.58 bits per heavy atom. The van der Waals surface area contributed by atoms with Gasteiger partial charge in [0.25, 0.3) is 0 Å². The molecule has 110 valence electrons. The second-order valence-electron chi connectivity index (χ2n) is 4.36. The second kappa shape index (κ2) is 6.20. The van der Waals surface area contributed by atoms with Gasteiger partial charge in [-0.25, -0.2) is 18.0 Å². The number of likely N-dealkylation sites (tertiary alicyclic amines) is 1. The molecule has 19 heavy (non-hydrogen) atoms. The number of nitrogens with one attached hydrogen (secondary N) is 1. The average molecular weight is 294 g/mol. The van der Waals surface area contributed by atoms with Gasteiger partial charge < -0.3 is 20.4 Å². The number of carbonyl (C=O) groups excluding carboxylic acids is 1. The van der Waals surface area contributed by atoms with E-state index in [1.54, 1.807) is 0 Å². The highest BCUT2D eigenvalue weighted by Gasteiger charge is 2.38. The molecular weight excluding hydrogens is 276 g/mol. The molecule has 1 fully saturated rings. The van der Waals surface area contributed by atoms with E-state index in [1.807, 2.05) is 0 Å². The molecule has 1 saturated heterocycles. The van der Waals surface area contributed by atoms with Crippen LogP contribution in [0, 0.1) is 0 Å². The van der Waals surface area contributed by atoms with Crippen molar-refractivity contribution in [2.24, 2.45) is 0 Å². The lowest BCUT2D eigenvalue weighted by Crippen LogP contribution is -2.47. The van der Waals surface area contributed by atoms with Crippen LogP contribution in [0.25, 0.3) is 0 Å². The van der Waals surface area contributed by atoms with Gasteiger partial charge in [-0.3, -0.25) is 0 Å². The molecule has 1 heterocycles. The van der Waals surface area contributed by atoms with Crippen LogP contribution in [0.15, 0.2) is 0 Å². The molecule has 1 rings (SSSR count). The van der Waals surface area contributed by atoms with Gasteiger partial charge in [0, 0.05) is 25.3 Å². The summed E-state index contributed by atoms with van der Waals surface area (Å²) in [6.45, 7) is 1.37. The van der Waals surface area contributed by atoms with Gasteiger partial charge in [-0.1, -0.05) is 6.92 Å². The molecule has 0 radical (unpaired) electrons. The van der Waals surface area contributed by atoms with Crippen LogP contribution in [0.3, 0.4) is 0 Å². The molecule has 0 saturated carbocycles. The SMILES string of the molecule is CCS(=O)(=O)CCNC(=O)N1C[C@H](O)C[C@H]1C(=O)O. The Balaban J connectivity index is 2.51. The van der Waals surface area contributed by atoms with Gasteiger partial charge in [-0.05, 0) is 0 Å². The first-order chi connectivity index (χ1) is 8.76. The van der Waals surface area contributed by atoms with E-state index in [2.05, 4.69) is 5.32 Å². The summed E-state index contributed by atoms with van der Waals surface area (Å²) in [4.78, 5) is 23.6. The summed E-state index contributed by atoms with van der Waals surface area (Å²) in [6.07, 6.45) is -0.887. The van der Waals surface area contributed by atoms with Gasteiger partial charge >= 0.3 is 12.0 Å². The summed E-state index contributed by atoms with van der Waals surface area (Å²) < 4.78 is 22.5. The van der Waals surface area contributed by atoms with Crippen LogP contribution >= 0.6 is 0 Å². The maximum Gasteiger partial charge on any atom is 0.326 e. The zero-order chi connectivity index (χ0) is 14.6. The monoisotopic (exact) mass is 294 g/mol. The van der Waals surface area contributed by atoms with Gasteiger partial charge in [-0.15, -0.1) is 0 Å².